The van der Waals surface area contributed by atoms with E-state index in [-0.39, 0.29) is 11.9 Å². The summed E-state index contributed by atoms with van der Waals surface area (Å²) in [7, 11) is 0. The second-order valence-corrected chi connectivity index (χ2v) is 5.20. The monoisotopic (exact) mass is 270 g/mol. The quantitative estimate of drug-likeness (QED) is 0.898. The van der Waals surface area contributed by atoms with Gasteiger partial charge in [-0.15, -0.1) is 0 Å². The number of halogens is 1. The van der Waals surface area contributed by atoms with E-state index in [0.29, 0.717) is 0 Å². The van der Waals surface area contributed by atoms with E-state index >= 15 is 0 Å². The molecular formula is C17H19FN2. The zero-order valence-corrected chi connectivity index (χ0v) is 11.6. The van der Waals surface area contributed by atoms with Crippen molar-refractivity contribution in [2.75, 3.05) is 18.0 Å². The van der Waals surface area contributed by atoms with Crippen molar-refractivity contribution >= 4 is 5.69 Å². The molecule has 1 N–H and O–H groups in total. The van der Waals surface area contributed by atoms with Gasteiger partial charge in [-0.2, -0.15) is 0 Å². The first-order valence-corrected chi connectivity index (χ1v) is 7.07. The van der Waals surface area contributed by atoms with Crippen LogP contribution in [0.2, 0.25) is 0 Å². The first-order chi connectivity index (χ1) is 9.77. The SMILES string of the molecule is CC(c1ccccc1F)N1CCNCc2ccccc21. The maximum absolute atomic E-state index is 14.0. The summed E-state index contributed by atoms with van der Waals surface area (Å²) in [6.07, 6.45) is 0. The maximum atomic E-state index is 14.0. The second kappa shape index (κ2) is 5.63. The van der Waals surface area contributed by atoms with Crippen molar-refractivity contribution < 1.29 is 4.39 Å². The third-order valence-electron chi connectivity index (χ3n) is 3.97. The Morgan fingerprint density at radius 3 is 2.70 bits per heavy atom. The van der Waals surface area contributed by atoms with Gasteiger partial charge in [-0.05, 0) is 24.6 Å². The van der Waals surface area contributed by atoms with Crippen molar-refractivity contribution in [3.8, 4) is 0 Å². The van der Waals surface area contributed by atoms with E-state index < -0.39 is 0 Å². The van der Waals surface area contributed by atoms with E-state index in [1.54, 1.807) is 6.07 Å². The van der Waals surface area contributed by atoms with Gasteiger partial charge in [-0.25, -0.2) is 4.39 Å². The average Bonchev–Trinajstić information content (AvgIpc) is 2.69. The Balaban J connectivity index is 1.99. The number of nitrogens with one attached hydrogen (secondary N) is 1. The van der Waals surface area contributed by atoms with Crippen molar-refractivity contribution in [1.82, 2.24) is 5.32 Å². The van der Waals surface area contributed by atoms with E-state index in [1.807, 2.05) is 18.2 Å². The van der Waals surface area contributed by atoms with E-state index in [1.165, 1.54) is 17.3 Å². The molecule has 0 fully saturated rings. The highest BCUT2D eigenvalue weighted by Crippen LogP contribution is 2.31. The predicted molar refractivity (Wildman–Crippen MR) is 80.3 cm³/mol. The molecule has 0 aliphatic carbocycles. The number of benzene rings is 2. The van der Waals surface area contributed by atoms with Gasteiger partial charge >= 0.3 is 0 Å². The number of fused-ring (bicyclic) bond motifs is 1. The van der Waals surface area contributed by atoms with Crippen molar-refractivity contribution in [3.63, 3.8) is 0 Å². The third kappa shape index (κ3) is 2.41. The Kier molecular flexibility index (Phi) is 3.70. The van der Waals surface area contributed by atoms with Crippen molar-refractivity contribution in [3.05, 3.63) is 65.5 Å². The maximum Gasteiger partial charge on any atom is 0.128 e. The summed E-state index contributed by atoms with van der Waals surface area (Å²) in [6.45, 7) is 4.73. The molecule has 1 aliphatic rings. The van der Waals surface area contributed by atoms with E-state index in [2.05, 4.69) is 35.3 Å². The van der Waals surface area contributed by atoms with Crippen LogP contribution in [0.1, 0.15) is 24.1 Å². The molecule has 1 atom stereocenters. The lowest BCUT2D eigenvalue weighted by atomic mass is 10.0. The van der Waals surface area contributed by atoms with Crippen LogP contribution in [0.5, 0.6) is 0 Å². The van der Waals surface area contributed by atoms with E-state index in [9.17, 15) is 4.39 Å². The Labute approximate surface area is 119 Å². The minimum Gasteiger partial charge on any atom is -0.363 e. The molecular weight excluding hydrogens is 251 g/mol. The summed E-state index contributed by atoms with van der Waals surface area (Å²) in [4.78, 5) is 2.29. The summed E-state index contributed by atoms with van der Waals surface area (Å²) < 4.78 is 14.0. The van der Waals surface area contributed by atoms with Crippen LogP contribution in [0.15, 0.2) is 48.5 Å². The lowest BCUT2D eigenvalue weighted by Crippen LogP contribution is -2.31. The molecule has 0 radical (unpaired) electrons. The van der Waals surface area contributed by atoms with Gasteiger partial charge in [0.25, 0.3) is 0 Å². The van der Waals surface area contributed by atoms with Crippen LogP contribution in [0.3, 0.4) is 0 Å². The molecule has 2 aromatic carbocycles. The molecule has 0 bridgehead atoms. The van der Waals surface area contributed by atoms with Crippen molar-refractivity contribution in [2.24, 2.45) is 0 Å². The van der Waals surface area contributed by atoms with Gasteiger partial charge in [0.05, 0.1) is 6.04 Å². The number of rotatable bonds is 2. The molecule has 20 heavy (non-hydrogen) atoms. The predicted octanol–water partition coefficient (Wildman–Crippen LogP) is 3.50. The molecule has 2 nitrogen and oxygen atoms in total. The number of para-hydroxylation sites is 1. The van der Waals surface area contributed by atoms with Crippen LogP contribution in [-0.4, -0.2) is 13.1 Å². The Morgan fingerprint density at radius 2 is 1.85 bits per heavy atom. The van der Waals surface area contributed by atoms with Crippen molar-refractivity contribution in [2.45, 2.75) is 19.5 Å². The molecule has 0 aromatic heterocycles. The number of nitrogens with zero attached hydrogens (tertiary/aromatic N) is 1. The first-order valence-electron chi connectivity index (χ1n) is 7.07. The number of hydrogen-bond acceptors (Lipinski definition) is 2. The molecule has 104 valence electrons. The van der Waals surface area contributed by atoms with Crippen LogP contribution in [0.25, 0.3) is 0 Å². The average molecular weight is 270 g/mol. The number of hydrogen-bond donors (Lipinski definition) is 1. The van der Waals surface area contributed by atoms with Gasteiger partial charge in [0, 0.05) is 30.9 Å². The van der Waals surface area contributed by atoms with E-state index in [0.717, 1.165) is 25.2 Å². The third-order valence-corrected chi connectivity index (χ3v) is 3.97. The molecule has 2 aromatic rings. The minimum absolute atomic E-state index is 0.0252. The lowest BCUT2D eigenvalue weighted by Gasteiger charge is -2.31. The zero-order valence-electron chi connectivity index (χ0n) is 11.6. The normalized spacial score (nSPS) is 16.4. The Hall–Kier alpha value is -1.87. The standard InChI is InChI=1S/C17H19FN2/c1-13(15-7-3-4-8-16(15)18)20-11-10-19-12-14-6-2-5-9-17(14)20/h2-9,13,19H,10-12H2,1H3. The van der Waals surface area contributed by atoms with Gasteiger partial charge < -0.3 is 10.2 Å². The Bertz CT molecular complexity index is 597. The van der Waals surface area contributed by atoms with Crippen LogP contribution in [0.4, 0.5) is 10.1 Å². The van der Waals surface area contributed by atoms with Gasteiger partial charge in [-0.3, -0.25) is 0 Å². The van der Waals surface area contributed by atoms with Crippen LogP contribution in [-0.2, 0) is 6.54 Å². The highest BCUT2D eigenvalue weighted by Gasteiger charge is 2.22. The van der Waals surface area contributed by atoms with Crippen LogP contribution >= 0.6 is 0 Å². The summed E-state index contributed by atoms with van der Waals surface area (Å²) in [5.74, 6) is -0.130. The molecule has 0 amide bonds. The molecule has 1 unspecified atom stereocenters. The fraction of sp³-hybridized carbons (Fsp3) is 0.294. The van der Waals surface area contributed by atoms with Gasteiger partial charge in [0.1, 0.15) is 5.82 Å². The molecule has 0 spiro atoms. The van der Waals surface area contributed by atoms with Crippen LogP contribution < -0.4 is 10.2 Å². The molecule has 3 heteroatoms. The summed E-state index contributed by atoms with van der Waals surface area (Å²) in [5.41, 5.74) is 3.23. The smallest absolute Gasteiger partial charge is 0.128 e. The second-order valence-electron chi connectivity index (χ2n) is 5.20. The van der Waals surface area contributed by atoms with E-state index in [4.69, 9.17) is 0 Å². The minimum atomic E-state index is -0.130. The lowest BCUT2D eigenvalue weighted by molar-refractivity contribution is 0.570. The molecule has 3 rings (SSSR count). The highest BCUT2D eigenvalue weighted by atomic mass is 19.1. The Morgan fingerprint density at radius 1 is 1.10 bits per heavy atom. The van der Waals surface area contributed by atoms with Crippen molar-refractivity contribution in [1.29, 1.82) is 0 Å². The van der Waals surface area contributed by atoms with Gasteiger partial charge in [-0.1, -0.05) is 36.4 Å². The van der Waals surface area contributed by atoms with Gasteiger partial charge in [0.2, 0.25) is 0 Å². The summed E-state index contributed by atoms with van der Waals surface area (Å²) in [5, 5.41) is 3.42. The summed E-state index contributed by atoms with van der Waals surface area (Å²) in [6, 6.07) is 15.4. The van der Waals surface area contributed by atoms with Crippen LogP contribution in [0, 0.1) is 5.82 Å². The molecule has 1 aliphatic heterocycles. The highest BCUT2D eigenvalue weighted by molar-refractivity contribution is 5.56. The largest absolute Gasteiger partial charge is 0.363 e. The zero-order chi connectivity index (χ0) is 13.9. The first kappa shape index (κ1) is 13.1. The molecule has 0 saturated carbocycles. The fourth-order valence-electron chi connectivity index (χ4n) is 2.87. The molecule has 0 saturated heterocycles. The fourth-order valence-corrected chi connectivity index (χ4v) is 2.87. The molecule has 1 heterocycles. The number of anilines is 1. The topological polar surface area (TPSA) is 15.3 Å². The summed E-state index contributed by atoms with van der Waals surface area (Å²) >= 11 is 0. The van der Waals surface area contributed by atoms with Gasteiger partial charge in [0.15, 0.2) is 0 Å².